The molecular weight excluding hydrogens is 184 g/mol. The van der Waals surface area contributed by atoms with Crippen LogP contribution in [-0.4, -0.2) is 21.0 Å². The highest BCUT2D eigenvalue weighted by Crippen LogP contribution is 2.23. The number of terminal acetylenes is 1. The van der Waals surface area contributed by atoms with Gasteiger partial charge in [-0.25, -0.2) is 0 Å². The molecule has 0 bridgehead atoms. The monoisotopic (exact) mass is 194 g/mol. The maximum absolute atomic E-state index is 10.6. The Labute approximate surface area is 81.1 Å². The zero-order valence-electron chi connectivity index (χ0n) is 7.94. The number of nitrogens with one attached hydrogen (secondary N) is 1. The summed E-state index contributed by atoms with van der Waals surface area (Å²) < 4.78 is 1.59. The minimum Gasteiger partial charge on any atom is -0.358 e. The van der Waals surface area contributed by atoms with E-state index in [0.29, 0.717) is 11.6 Å². The van der Waals surface area contributed by atoms with Crippen LogP contribution in [0.25, 0.3) is 0 Å². The average Bonchev–Trinajstić information content (AvgIpc) is 2.41. The molecule has 6 heteroatoms. The topological polar surface area (TPSA) is 73.0 Å². The number of anilines is 1. The van der Waals surface area contributed by atoms with Crippen LogP contribution in [0.4, 0.5) is 11.6 Å². The van der Waals surface area contributed by atoms with Crippen molar-refractivity contribution in [2.24, 2.45) is 7.05 Å². The van der Waals surface area contributed by atoms with Crippen molar-refractivity contribution in [3.63, 3.8) is 0 Å². The molecule has 1 aromatic heterocycles. The predicted molar refractivity (Wildman–Crippen MR) is 51.9 cm³/mol. The SMILES string of the molecule is C#CCNc1c([N+](=O)[O-])nc(C)n1C. The molecule has 0 amide bonds. The summed E-state index contributed by atoms with van der Waals surface area (Å²) in [7, 11) is 1.69. The Kier molecular flexibility index (Phi) is 2.72. The maximum Gasteiger partial charge on any atom is 0.406 e. The summed E-state index contributed by atoms with van der Waals surface area (Å²) in [4.78, 5) is 13.8. The van der Waals surface area contributed by atoms with Gasteiger partial charge in [-0.3, -0.25) is 4.57 Å². The standard InChI is InChI=1S/C8H10N4O2/c1-4-5-9-7-8(12(13)14)10-6(2)11(7)3/h1,9H,5H2,2-3H3. The smallest absolute Gasteiger partial charge is 0.358 e. The summed E-state index contributed by atoms with van der Waals surface area (Å²) in [5.41, 5.74) is 0. The molecule has 0 atom stereocenters. The minimum atomic E-state index is -0.536. The first kappa shape index (κ1) is 10.1. The number of hydrogen-bond acceptors (Lipinski definition) is 4. The number of imidazole rings is 1. The number of aromatic nitrogens is 2. The molecule has 0 aliphatic heterocycles. The van der Waals surface area contributed by atoms with Gasteiger partial charge in [-0.15, -0.1) is 6.42 Å². The van der Waals surface area contributed by atoms with Crippen LogP contribution in [0.5, 0.6) is 0 Å². The lowest BCUT2D eigenvalue weighted by molar-refractivity contribution is -0.388. The number of nitrogens with zero attached hydrogens (tertiary/aromatic N) is 3. The molecule has 0 spiro atoms. The molecule has 0 unspecified atom stereocenters. The Hall–Kier alpha value is -2.03. The van der Waals surface area contributed by atoms with Crippen molar-refractivity contribution in [3.8, 4) is 12.3 Å². The van der Waals surface area contributed by atoms with E-state index in [2.05, 4.69) is 16.2 Å². The maximum atomic E-state index is 10.6. The molecule has 1 rings (SSSR count). The molecule has 0 aliphatic rings. The molecule has 14 heavy (non-hydrogen) atoms. The van der Waals surface area contributed by atoms with Gasteiger partial charge in [0.05, 0.1) is 6.54 Å². The van der Waals surface area contributed by atoms with Gasteiger partial charge in [-0.05, 0) is 9.91 Å². The normalized spacial score (nSPS) is 9.50. The van der Waals surface area contributed by atoms with Gasteiger partial charge in [-0.1, -0.05) is 5.92 Å². The lowest BCUT2D eigenvalue weighted by Crippen LogP contribution is -2.06. The minimum absolute atomic E-state index is 0.194. The van der Waals surface area contributed by atoms with Crippen LogP contribution in [0.1, 0.15) is 5.82 Å². The number of aryl methyl sites for hydroxylation is 1. The zero-order chi connectivity index (χ0) is 10.7. The molecule has 1 N–H and O–H groups in total. The molecule has 0 radical (unpaired) electrons. The van der Waals surface area contributed by atoms with E-state index in [9.17, 15) is 10.1 Å². The van der Waals surface area contributed by atoms with Crippen molar-refractivity contribution in [2.75, 3.05) is 11.9 Å². The fourth-order valence-electron chi connectivity index (χ4n) is 1.05. The number of nitro groups is 1. The van der Waals surface area contributed by atoms with Crippen molar-refractivity contribution >= 4 is 11.6 Å². The highest BCUT2D eigenvalue weighted by Gasteiger charge is 2.22. The van der Waals surface area contributed by atoms with Crippen LogP contribution in [0.3, 0.4) is 0 Å². The van der Waals surface area contributed by atoms with Gasteiger partial charge in [-0.2, -0.15) is 0 Å². The van der Waals surface area contributed by atoms with Gasteiger partial charge >= 0.3 is 5.82 Å². The Morgan fingerprint density at radius 1 is 1.79 bits per heavy atom. The van der Waals surface area contributed by atoms with E-state index < -0.39 is 4.92 Å². The summed E-state index contributed by atoms with van der Waals surface area (Å²) in [6.45, 7) is 1.92. The summed E-state index contributed by atoms with van der Waals surface area (Å²) >= 11 is 0. The van der Waals surface area contributed by atoms with Crippen LogP contribution in [0.15, 0.2) is 0 Å². The first-order valence-corrected chi connectivity index (χ1v) is 3.93. The summed E-state index contributed by atoms with van der Waals surface area (Å²) in [5.74, 6) is 3.05. The average molecular weight is 194 g/mol. The van der Waals surface area contributed by atoms with Crippen molar-refractivity contribution in [3.05, 3.63) is 15.9 Å². The number of hydrogen-bond donors (Lipinski definition) is 1. The largest absolute Gasteiger partial charge is 0.406 e. The summed E-state index contributed by atoms with van der Waals surface area (Å²) in [5, 5.41) is 13.3. The van der Waals surface area contributed by atoms with Crippen molar-refractivity contribution in [1.29, 1.82) is 0 Å². The molecular formula is C8H10N4O2. The fourth-order valence-corrected chi connectivity index (χ4v) is 1.05. The van der Waals surface area contributed by atoms with Crippen LogP contribution in [-0.2, 0) is 7.05 Å². The second-order valence-corrected chi connectivity index (χ2v) is 2.71. The van der Waals surface area contributed by atoms with E-state index in [-0.39, 0.29) is 12.4 Å². The highest BCUT2D eigenvalue weighted by atomic mass is 16.6. The highest BCUT2D eigenvalue weighted by molar-refractivity contribution is 5.53. The summed E-state index contributed by atoms with van der Waals surface area (Å²) in [6.07, 6.45) is 5.05. The fraction of sp³-hybridized carbons (Fsp3) is 0.375. The molecule has 6 nitrogen and oxygen atoms in total. The lowest BCUT2D eigenvalue weighted by atomic mass is 10.5. The molecule has 0 aromatic carbocycles. The predicted octanol–water partition coefficient (Wildman–Crippen LogP) is 0.682. The third-order valence-electron chi connectivity index (χ3n) is 1.83. The Morgan fingerprint density at radius 3 is 2.93 bits per heavy atom. The number of rotatable bonds is 3. The Bertz CT molecular complexity index is 402. The van der Waals surface area contributed by atoms with Gasteiger partial charge < -0.3 is 15.4 Å². The molecule has 0 saturated heterocycles. The van der Waals surface area contributed by atoms with Crippen molar-refractivity contribution in [1.82, 2.24) is 9.55 Å². The molecule has 0 fully saturated rings. The Morgan fingerprint density at radius 2 is 2.43 bits per heavy atom. The van der Waals surface area contributed by atoms with E-state index in [1.165, 1.54) is 0 Å². The van der Waals surface area contributed by atoms with Crippen LogP contribution in [0, 0.1) is 29.4 Å². The quantitative estimate of drug-likeness (QED) is 0.436. The molecule has 74 valence electrons. The second kappa shape index (κ2) is 3.79. The van der Waals surface area contributed by atoms with Gasteiger partial charge in [0, 0.05) is 14.0 Å². The van der Waals surface area contributed by atoms with E-state index in [4.69, 9.17) is 6.42 Å². The first-order chi connectivity index (χ1) is 6.57. The Balaban J connectivity index is 3.11. The van der Waals surface area contributed by atoms with Crippen molar-refractivity contribution < 1.29 is 4.92 Å². The zero-order valence-corrected chi connectivity index (χ0v) is 7.94. The van der Waals surface area contributed by atoms with Gasteiger partial charge in [0.2, 0.25) is 11.6 Å². The summed E-state index contributed by atoms with van der Waals surface area (Å²) in [6, 6.07) is 0. The molecule has 0 aliphatic carbocycles. The molecule has 1 aromatic rings. The van der Waals surface area contributed by atoms with Gasteiger partial charge in [0.1, 0.15) is 0 Å². The molecule has 1 heterocycles. The van der Waals surface area contributed by atoms with Crippen molar-refractivity contribution in [2.45, 2.75) is 6.92 Å². The van der Waals surface area contributed by atoms with E-state index in [0.717, 1.165) is 0 Å². The lowest BCUT2D eigenvalue weighted by Gasteiger charge is -2.01. The van der Waals surface area contributed by atoms with E-state index in [1.54, 1.807) is 18.5 Å². The third kappa shape index (κ3) is 1.66. The first-order valence-electron chi connectivity index (χ1n) is 3.93. The molecule has 0 saturated carbocycles. The van der Waals surface area contributed by atoms with E-state index >= 15 is 0 Å². The second-order valence-electron chi connectivity index (χ2n) is 2.71. The van der Waals surface area contributed by atoms with Crippen LogP contribution >= 0.6 is 0 Å². The van der Waals surface area contributed by atoms with Gasteiger partial charge in [0.25, 0.3) is 0 Å². The third-order valence-corrected chi connectivity index (χ3v) is 1.83. The van der Waals surface area contributed by atoms with Crippen LogP contribution < -0.4 is 5.32 Å². The van der Waals surface area contributed by atoms with Crippen LogP contribution in [0.2, 0.25) is 0 Å². The van der Waals surface area contributed by atoms with Gasteiger partial charge in [0.15, 0.2) is 0 Å². The van der Waals surface area contributed by atoms with E-state index in [1.807, 2.05) is 0 Å².